The van der Waals surface area contributed by atoms with E-state index in [9.17, 15) is 4.79 Å². The molecule has 172 valence electrons. The second-order valence-electron chi connectivity index (χ2n) is 6.78. The van der Waals surface area contributed by atoms with E-state index < -0.39 is 0 Å². The summed E-state index contributed by atoms with van der Waals surface area (Å²) in [6, 6.07) is 14.0. The van der Waals surface area contributed by atoms with Crippen LogP contribution in [0.3, 0.4) is 0 Å². The molecule has 3 aromatic rings. The number of hydrogen-bond acceptors (Lipinski definition) is 6. The second-order valence-corrected chi connectivity index (χ2v) is 7.63. The summed E-state index contributed by atoms with van der Waals surface area (Å²) in [5.74, 6) is 1.14. The summed E-state index contributed by atoms with van der Waals surface area (Å²) in [5, 5.41) is 3.79. The summed E-state index contributed by atoms with van der Waals surface area (Å²) in [4.78, 5) is 17.2. The number of hydrazine groups is 1. The third-order valence-corrected chi connectivity index (χ3v) is 5.14. The normalized spacial score (nSPS) is 10.2. The molecule has 2 aromatic carbocycles. The van der Waals surface area contributed by atoms with Crippen LogP contribution >= 0.6 is 23.8 Å². The maximum Gasteiger partial charge on any atom is 0.271 e. The van der Waals surface area contributed by atoms with Crippen LogP contribution in [-0.4, -0.2) is 37.3 Å². The Morgan fingerprint density at radius 3 is 2.12 bits per heavy atom. The van der Waals surface area contributed by atoms with E-state index in [4.69, 9.17) is 38.0 Å². The molecule has 0 radical (unpaired) electrons. The smallest absolute Gasteiger partial charge is 0.271 e. The summed E-state index contributed by atoms with van der Waals surface area (Å²) in [6.45, 7) is 1.75. The summed E-state index contributed by atoms with van der Waals surface area (Å²) in [5.41, 5.74) is 8.32. The summed E-state index contributed by atoms with van der Waals surface area (Å²) < 4.78 is 16.2. The average Bonchev–Trinajstić information content (AvgIpc) is 2.82. The Labute approximate surface area is 202 Å². The lowest BCUT2D eigenvalue weighted by molar-refractivity contribution is 0.0943. The van der Waals surface area contributed by atoms with E-state index in [-0.39, 0.29) is 11.0 Å². The van der Waals surface area contributed by atoms with Gasteiger partial charge in [-0.2, -0.15) is 0 Å². The molecule has 1 heterocycles. The first-order valence-electron chi connectivity index (χ1n) is 9.77. The first-order chi connectivity index (χ1) is 15.9. The van der Waals surface area contributed by atoms with Gasteiger partial charge in [0.05, 0.1) is 38.3 Å². The molecule has 3 N–H and O–H groups in total. The van der Waals surface area contributed by atoms with Crippen molar-refractivity contribution in [2.75, 3.05) is 26.6 Å². The molecule has 0 saturated heterocycles. The molecule has 0 unspecified atom stereocenters. The number of carbonyl (C=O) groups is 1. The highest BCUT2D eigenvalue weighted by molar-refractivity contribution is 7.80. The number of hydrogen-bond donors (Lipinski definition) is 3. The number of aromatic nitrogens is 1. The molecule has 0 fully saturated rings. The maximum absolute atomic E-state index is 12.6. The molecule has 0 saturated carbocycles. The lowest BCUT2D eigenvalue weighted by Crippen LogP contribution is -2.44. The number of benzene rings is 2. The average molecular weight is 487 g/mol. The number of pyridine rings is 1. The zero-order valence-electron chi connectivity index (χ0n) is 18.5. The van der Waals surface area contributed by atoms with E-state index in [1.165, 1.54) is 0 Å². The lowest BCUT2D eigenvalue weighted by atomic mass is 10.1. The highest BCUT2D eigenvalue weighted by Crippen LogP contribution is 2.40. The lowest BCUT2D eigenvalue weighted by Gasteiger charge is -2.15. The highest BCUT2D eigenvalue weighted by atomic mass is 35.5. The van der Waals surface area contributed by atoms with Crippen LogP contribution in [-0.2, 0) is 0 Å². The molecule has 10 heteroatoms. The van der Waals surface area contributed by atoms with Crippen molar-refractivity contribution in [2.24, 2.45) is 0 Å². The van der Waals surface area contributed by atoms with Gasteiger partial charge in [0.25, 0.3) is 5.91 Å². The molecule has 1 aromatic heterocycles. The Balaban J connectivity index is 1.72. The number of thiocarbonyl (C=S) groups is 1. The fraction of sp³-hybridized carbons (Fsp3) is 0.174. The van der Waals surface area contributed by atoms with Crippen LogP contribution in [0.25, 0.3) is 11.3 Å². The molecular weight excluding hydrogens is 464 g/mol. The third kappa shape index (κ3) is 5.82. The van der Waals surface area contributed by atoms with Crippen LogP contribution in [0.5, 0.6) is 17.2 Å². The zero-order chi connectivity index (χ0) is 24.0. The van der Waals surface area contributed by atoms with E-state index >= 15 is 0 Å². The summed E-state index contributed by atoms with van der Waals surface area (Å²) >= 11 is 11.1. The molecule has 0 aliphatic heterocycles. The number of ether oxygens (including phenoxy) is 3. The van der Waals surface area contributed by atoms with Gasteiger partial charge in [-0.25, -0.2) is 0 Å². The van der Waals surface area contributed by atoms with Gasteiger partial charge in [-0.1, -0.05) is 11.6 Å². The first kappa shape index (κ1) is 24.1. The molecule has 0 bridgehead atoms. The van der Waals surface area contributed by atoms with Gasteiger partial charge in [-0.15, -0.1) is 0 Å². The molecule has 0 atom stereocenters. The van der Waals surface area contributed by atoms with Gasteiger partial charge in [0.15, 0.2) is 16.6 Å². The first-order valence-corrected chi connectivity index (χ1v) is 10.6. The molecule has 0 aliphatic rings. The number of anilines is 1. The Morgan fingerprint density at radius 2 is 1.58 bits per heavy atom. The SMILES string of the molecule is COc1cc(-c2ccc(C(=O)NNC(=S)Nc3ccc(Cl)cc3)c(C)n2)cc(OC)c1OC. The van der Waals surface area contributed by atoms with Crippen molar-refractivity contribution in [3.63, 3.8) is 0 Å². The van der Waals surface area contributed by atoms with E-state index in [1.807, 2.05) is 0 Å². The number of nitrogens with one attached hydrogen (secondary N) is 3. The zero-order valence-corrected chi connectivity index (χ0v) is 20.1. The molecule has 1 amide bonds. The Bertz CT molecular complexity index is 1150. The van der Waals surface area contributed by atoms with Crippen LogP contribution in [0, 0.1) is 6.92 Å². The monoisotopic (exact) mass is 486 g/mol. The molecule has 0 aliphatic carbocycles. The second kappa shape index (κ2) is 10.8. The predicted molar refractivity (Wildman–Crippen MR) is 132 cm³/mol. The van der Waals surface area contributed by atoms with Gasteiger partial charge < -0.3 is 19.5 Å². The summed E-state index contributed by atoms with van der Waals surface area (Å²) in [6.07, 6.45) is 0. The molecule has 8 nitrogen and oxygen atoms in total. The number of methoxy groups -OCH3 is 3. The Morgan fingerprint density at radius 1 is 0.939 bits per heavy atom. The van der Waals surface area contributed by atoms with E-state index in [2.05, 4.69) is 21.2 Å². The van der Waals surface area contributed by atoms with Crippen LogP contribution in [0.15, 0.2) is 48.5 Å². The van der Waals surface area contributed by atoms with Crippen molar-refractivity contribution >= 4 is 40.5 Å². The van der Waals surface area contributed by atoms with Gasteiger partial charge in [-0.05, 0) is 67.7 Å². The summed E-state index contributed by atoms with van der Waals surface area (Å²) in [7, 11) is 4.64. The van der Waals surface area contributed by atoms with Gasteiger partial charge in [0, 0.05) is 16.3 Å². The molecule has 3 rings (SSSR count). The van der Waals surface area contributed by atoms with Gasteiger partial charge >= 0.3 is 0 Å². The standard InChI is InChI=1S/C23H23ClN4O4S/c1-13-17(22(29)27-28-23(33)26-16-7-5-15(24)6-8-16)9-10-18(25-13)14-11-19(30-2)21(32-4)20(12-14)31-3/h5-12H,1-4H3,(H,27,29)(H2,26,28,33). The minimum Gasteiger partial charge on any atom is -0.493 e. The largest absolute Gasteiger partial charge is 0.493 e. The fourth-order valence-corrected chi connectivity index (χ4v) is 3.36. The number of halogens is 1. The molecule has 0 spiro atoms. The van der Waals surface area contributed by atoms with Crippen LogP contribution in [0.2, 0.25) is 5.02 Å². The number of carbonyl (C=O) groups excluding carboxylic acids is 1. The Hall–Kier alpha value is -3.56. The van der Waals surface area contributed by atoms with E-state index in [0.29, 0.717) is 39.2 Å². The molecular formula is C23H23ClN4O4S. The van der Waals surface area contributed by atoms with Gasteiger partial charge in [0.2, 0.25) is 5.75 Å². The van der Waals surface area contributed by atoms with Crippen molar-refractivity contribution in [1.82, 2.24) is 15.8 Å². The quantitative estimate of drug-likeness (QED) is 0.349. The maximum atomic E-state index is 12.6. The van der Waals surface area contributed by atoms with Crippen molar-refractivity contribution in [2.45, 2.75) is 6.92 Å². The van der Waals surface area contributed by atoms with E-state index in [1.54, 1.807) is 76.8 Å². The van der Waals surface area contributed by atoms with Crippen LogP contribution < -0.4 is 30.4 Å². The van der Waals surface area contributed by atoms with Crippen molar-refractivity contribution < 1.29 is 19.0 Å². The van der Waals surface area contributed by atoms with E-state index in [0.717, 1.165) is 11.3 Å². The highest BCUT2D eigenvalue weighted by Gasteiger charge is 2.16. The fourth-order valence-electron chi connectivity index (χ4n) is 3.07. The predicted octanol–water partition coefficient (Wildman–Crippen LogP) is 4.37. The van der Waals surface area contributed by atoms with Gasteiger partial charge in [-0.3, -0.25) is 20.6 Å². The van der Waals surface area contributed by atoms with Crippen molar-refractivity contribution in [1.29, 1.82) is 0 Å². The minimum absolute atomic E-state index is 0.227. The molecule has 33 heavy (non-hydrogen) atoms. The van der Waals surface area contributed by atoms with Gasteiger partial charge in [0.1, 0.15) is 0 Å². The number of amides is 1. The number of rotatable bonds is 6. The topological polar surface area (TPSA) is 93.7 Å². The number of aryl methyl sites for hydroxylation is 1. The Kier molecular flexibility index (Phi) is 7.92. The number of nitrogens with zero attached hydrogens (tertiary/aromatic N) is 1. The van der Waals surface area contributed by atoms with Crippen molar-refractivity contribution in [3.8, 4) is 28.5 Å². The van der Waals surface area contributed by atoms with Crippen molar-refractivity contribution in [3.05, 3.63) is 64.8 Å². The minimum atomic E-state index is -0.378. The van der Waals surface area contributed by atoms with Crippen LogP contribution in [0.1, 0.15) is 16.1 Å². The van der Waals surface area contributed by atoms with Crippen LogP contribution in [0.4, 0.5) is 5.69 Å². The third-order valence-electron chi connectivity index (χ3n) is 4.68.